The van der Waals surface area contributed by atoms with Gasteiger partial charge in [0.2, 0.25) is 0 Å². The number of ether oxygens (including phenoxy) is 2. The van der Waals surface area contributed by atoms with Gasteiger partial charge in [-0.1, -0.05) is 36.4 Å². The Hall–Kier alpha value is -1.49. The van der Waals surface area contributed by atoms with E-state index in [9.17, 15) is 4.57 Å². The van der Waals surface area contributed by atoms with Crippen molar-refractivity contribution in [1.29, 1.82) is 0 Å². The summed E-state index contributed by atoms with van der Waals surface area (Å²) in [6, 6.07) is 15.7. The van der Waals surface area contributed by atoms with E-state index in [1.807, 2.05) is 57.2 Å². The standard InChI is InChI=1S/C21H27O5P/c1-4-25-27(22,26-5-2)19-12-10-17(11-13-19)21-9-7-6-8-20(21)16(3)23-14-18-15-24-18/h6-13,16,18H,4-5,14-15H2,1-3H3/t16-,18+/m1/s1. The van der Waals surface area contributed by atoms with E-state index in [0.29, 0.717) is 25.1 Å². The molecule has 0 spiro atoms. The maximum absolute atomic E-state index is 12.9. The Bertz CT molecular complexity index is 775. The van der Waals surface area contributed by atoms with E-state index in [4.69, 9.17) is 18.5 Å². The fourth-order valence-corrected chi connectivity index (χ4v) is 4.54. The Morgan fingerprint density at radius 3 is 2.30 bits per heavy atom. The normalized spacial score (nSPS) is 17.7. The van der Waals surface area contributed by atoms with Crippen molar-refractivity contribution >= 4 is 12.9 Å². The van der Waals surface area contributed by atoms with E-state index >= 15 is 0 Å². The molecule has 0 aliphatic carbocycles. The molecule has 0 unspecified atom stereocenters. The van der Waals surface area contributed by atoms with Gasteiger partial charge in [0.15, 0.2) is 0 Å². The summed E-state index contributed by atoms with van der Waals surface area (Å²) in [6.07, 6.45) is 0.202. The fourth-order valence-electron chi connectivity index (χ4n) is 2.97. The van der Waals surface area contributed by atoms with Gasteiger partial charge >= 0.3 is 7.60 Å². The average molecular weight is 390 g/mol. The van der Waals surface area contributed by atoms with Crippen molar-refractivity contribution in [3.05, 3.63) is 54.1 Å². The molecule has 1 aliphatic heterocycles. The molecule has 1 heterocycles. The first-order valence-electron chi connectivity index (χ1n) is 9.39. The first kappa shape index (κ1) is 20.2. The smallest absolute Gasteiger partial charge is 0.361 e. The number of hydrogen-bond acceptors (Lipinski definition) is 5. The Morgan fingerprint density at radius 1 is 1.07 bits per heavy atom. The highest BCUT2D eigenvalue weighted by atomic mass is 31.2. The third kappa shape index (κ3) is 5.07. The molecule has 0 aromatic heterocycles. The second-order valence-electron chi connectivity index (χ2n) is 6.40. The Kier molecular flexibility index (Phi) is 6.85. The van der Waals surface area contributed by atoms with Crippen molar-refractivity contribution in [2.75, 3.05) is 26.4 Å². The predicted octanol–water partition coefficient (Wildman–Crippen LogP) is 4.72. The second kappa shape index (κ2) is 9.13. The van der Waals surface area contributed by atoms with Gasteiger partial charge in [0.25, 0.3) is 0 Å². The van der Waals surface area contributed by atoms with Crippen LogP contribution >= 0.6 is 7.60 Å². The van der Waals surface area contributed by atoms with Crippen LogP contribution in [0.1, 0.15) is 32.4 Å². The van der Waals surface area contributed by atoms with Gasteiger partial charge in [-0.2, -0.15) is 0 Å². The molecule has 27 heavy (non-hydrogen) atoms. The molecule has 1 saturated heterocycles. The van der Waals surface area contributed by atoms with Crippen molar-refractivity contribution in [1.82, 2.24) is 0 Å². The molecule has 6 heteroatoms. The van der Waals surface area contributed by atoms with Gasteiger partial charge in [0.1, 0.15) is 6.10 Å². The summed E-state index contributed by atoms with van der Waals surface area (Å²) in [6.45, 7) is 7.74. The summed E-state index contributed by atoms with van der Waals surface area (Å²) in [7, 11) is -3.27. The number of epoxide rings is 1. The molecule has 2 aromatic rings. The minimum atomic E-state index is -3.27. The van der Waals surface area contributed by atoms with Crippen molar-refractivity contribution in [2.24, 2.45) is 0 Å². The van der Waals surface area contributed by atoms with Crippen LogP contribution < -0.4 is 5.30 Å². The fraction of sp³-hybridized carbons (Fsp3) is 0.429. The van der Waals surface area contributed by atoms with E-state index in [-0.39, 0.29) is 12.2 Å². The summed E-state index contributed by atoms with van der Waals surface area (Å²) in [4.78, 5) is 0. The predicted molar refractivity (Wildman–Crippen MR) is 106 cm³/mol. The Labute approximate surface area is 161 Å². The van der Waals surface area contributed by atoms with Crippen molar-refractivity contribution < 1.29 is 23.1 Å². The lowest BCUT2D eigenvalue weighted by molar-refractivity contribution is 0.0543. The van der Waals surface area contributed by atoms with Crippen LogP contribution in [0.4, 0.5) is 0 Å². The van der Waals surface area contributed by atoms with Crippen LogP contribution in [0, 0.1) is 0 Å². The first-order valence-corrected chi connectivity index (χ1v) is 10.9. The number of hydrogen-bond donors (Lipinski definition) is 0. The Balaban J connectivity index is 1.83. The maximum Gasteiger partial charge on any atom is 0.361 e. The van der Waals surface area contributed by atoms with Crippen molar-refractivity contribution in [3.8, 4) is 11.1 Å². The molecule has 0 bridgehead atoms. The minimum Gasteiger partial charge on any atom is -0.371 e. The van der Waals surface area contributed by atoms with E-state index < -0.39 is 7.60 Å². The van der Waals surface area contributed by atoms with Gasteiger partial charge in [-0.3, -0.25) is 4.57 Å². The SMILES string of the molecule is CCOP(=O)(OCC)c1ccc(-c2ccccc2[C@@H](C)OC[C@H]2CO2)cc1. The van der Waals surface area contributed by atoms with Crippen molar-refractivity contribution in [3.63, 3.8) is 0 Å². The summed E-state index contributed by atoms with van der Waals surface area (Å²) < 4.78 is 34.9. The summed E-state index contributed by atoms with van der Waals surface area (Å²) in [5, 5.41) is 0.572. The van der Waals surface area contributed by atoms with Crippen LogP contribution in [-0.4, -0.2) is 32.5 Å². The van der Waals surface area contributed by atoms with Gasteiger partial charge in [-0.15, -0.1) is 0 Å². The molecule has 146 valence electrons. The third-order valence-corrected chi connectivity index (χ3v) is 6.55. The third-order valence-electron chi connectivity index (χ3n) is 4.43. The van der Waals surface area contributed by atoms with E-state index in [1.165, 1.54) is 0 Å². The zero-order chi connectivity index (χ0) is 19.3. The molecular formula is C21H27O5P. The molecule has 2 atom stereocenters. The van der Waals surface area contributed by atoms with E-state index in [2.05, 4.69) is 12.1 Å². The quantitative estimate of drug-likeness (QED) is 0.434. The van der Waals surface area contributed by atoms with Crippen LogP contribution in [-0.2, 0) is 23.1 Å². The van der Waals surface area contributed by atoms with Gasteiger partial charge in [0.05, 0.1) is 37.8 Å². The first-order chi connectivity index (χ1) is 13.1. The number of benzene rings is 2. The molecule has 0 radical (unpaired) electrons. The zero-order valence-corrected chi connectivity index (χ0v) is 17.0. The van der Waals surface area contributed by atoms with Gasteiger partial charge in [-0.25, -0.2) is 0 Å². The highest BCUT2D eigenvalue weighted by Crippen LogP contribution is 2.47. The molecule has 0 N–H and O–H groups in total. The highest BCUT2D eigenvalue weighted by Gasteiger charge is 2.27. The molecule has 0 saturated carbocycles. The molecule has 1 aliphatic rings. The summed E-state index contributed by atoms with van der Waals surface area (Å²) in [5.74, 6) is 0. The van der Waals surface area contributed by atoms with Gasteiger partial charge < -0.3 is 18.5 Å². The lowest BCUT2D eigenvalue weighted by Gasteiger charge is -2.19. The monoisotopic (exact) mass is 390 g/mol. The largest absolute Gasteiger partial charge is 0.371 e. The van der Waals surface area contributed by atoms with Crippen LogP contribution in [0.3, 0.4) is 0 Å². The van der Waals surface area contributed by atoms with E-state index in [1.54, 1.807) is 0 Å². The second-order valence-corrected chi connectivity index (χ2v) is 8.43. The molecule has 2 aromatic carbocycles. The van der Waals surface area contributed by atoms with Gasteiger partial charge in [-0.05, 0) is 49.6 Å². The topological polar surface area (TPSA) is 57.3 Å². The number of rotatable bonds is 10. The van der Waals surface area contributed by atoms with Crippen LogP contribution in [0.5, 0.6) is 0 Å². The van der Waals surface area contributed by atoms with Crippen LogP contribution in [0.15, 0.2) is 48.5 Å². The van der Waals surface area contributed by atoms with E-state index in [0.717, 1.165) is 23.3 Å². The van der Waals surface area contributed by atoms with Gasteiger partial charge in [0, 0.05) is 0 Å². The zero-order valence-electron chi connectivity index (χ0n) is 16.1. The summed E-state index contributed by atoms with van der Waals surface area (Å²) >= 11 is 0. The van der Waals surface area contributed by atoms with Crippen molar-refractivity contribution in [2.45, 2.75) is 33.0 Å². The molecule has 3 rings (SSSR count). The Morgan fingerprint density at radius 2 is 1.70 bits per heavy atom. The molecule has 1 fully saturated rings. The highest BCUT2D eigenvalue weighted by molar-refractivity contribution is 7.62. The maximum atomic E-state index is 12.9. The molecular weight excluding hydrogens is 363 g/mol. The minimum absolute atomic E-state index is 0.0389. The van der Waals surface area contributed by atoms with Crippen LogP contribution in [0.25, 0.3) is 11.1 Å². The summed E-state index contributed by atoms with van der Waals surface area (Å²) in [5.41, 5.74) is 3.24. The molecule has 5 nitrogen and oxygen atoms in total. The molecule has 0 amide bonds. The lowest BCUT2D eigenvalue weighted by Crippen LogP contribution is -2.10. The average Bonchev–Trinajstić information content (AvgIpc) is 3.51. The lowest BCUT2D eigenvalue weighted by atomic mass is 9.97. The van der Waals surface area contributed by atoms with Crippen LogP contribution in [0.2, 0.25) is 0 Å².